The lowest BCUT2D eigenvalue weighted by Gasteiger charge is -2.16. The van der Waals surface area contributed by atoms with Crippen molar-refractivity contribution in [3.8, 4) is 11.5 Å². The Morgan fingerprint density at radius 3 is 2.35 bits per heavy atom. The number of fused-ring (bicyclic) bond motifs is 1. The van der Waals surface area contributed by atoms with Crippen molar-refractivity contribution in [1.82, 2.24) is 4.98 Å². The molecule has 0 amide bonds. The molecule has 0 spiro atoms. The topological polar surface area (TPSA) is 93.2 Å². The van der Waals surface area contributed by atoms with Gasteiger partial charge in [0.25, 0.3) is 0 Å². The summed E-state index contributed by atoms with van der Waals surface area (Å²) in [6, 6.07) is 12.7. The van der Waals surface area contributed by atoms with Crippen molar-refractivity contribution in [1.29, 1.82) is 0 Å². The number of carbonyl (C=O) groups is 2. The van der Waals surface area contributed by atoms with E-state index < -0.39 is 12.1 Å². The van der Waals surface area contributed by atoms with Crippen LogP contribution in [0.2, 0.25) is 5.02 Å². The number of hydrogen-bond acceptors (Lipinski definition) is 8. The normalized spacial score (nSPS) is 11.7. The average Bonchev–Trinajstić information content (AvgIpc) is 2.89. The zero-order valence-electron chi connectivity index (χ0n) is 21.3. The van der Waals surface area contributed by atoms with Gasteiger partial charge in [-0.15, -0.1) is 0 Å². The summed E-state index contributed by atoms with van der Waals surface area (Å²) in [6.45, 7) is 7.08. The number of benzene rings is 2. The number of esters is 2. The maximum atomic E-state index is 12.4. The second-order valence-corrected chi connectivity index (χ2v) is 8.41. The lowest BCUT2D eigenvalue weighted by Crippen LogP contribution is -2.28. The molecular formula is C28H32ClNO7. The van der Waals surface area contributed by atoms with Crippen molar-refractivity contribution in [2.24, 2.45) is 0 Å². The predicted octanol–water partition coefficient (Wildman–Crippen LogP) is 5.42. The van der Waals surface area contributed by atoms with Crippen LogP contribution in [-0.4, -0.2) is 56.1 Å². The van der Waals surface area contributed by atoms with Crippen molar-refractivity contribution in [3.63, 3.8) is 0 Å². The summed E-state index contributed by atoms with van der Waals surface area (Å²) in [4.78, 5) is 28.8. The molecular weight excluding hydrogens is 498 g/mol. The average molecular weight is 530 g/mol. The molecule has 1 aromatic heterocycles. The third-order valence-corrected chi connectivity index (χ3v) is 5.58. The predicted molar refractivity (Wildman–Crippen MR) is 141 cm³/mol. The molecule has 3 rings (SSSR count). The molecule has 1 unspecified atom stereocenters. The van der Waals surface area contributed by atoms with Crippen molar-refractivity contribution >= 4 is 34.4 Å². The lowest BCUT2D eigenvalue weighted by atomic mass is 10.1. The summed E-state index contributed by atoms with van der Waals surface area (Å²) < 4.78 is 27.6. The van der Waals surface area contributed by atoms with Gasteiger partial charge in [0.1, 0.15) is 17.1 Å². The molecule has 0 radical (unpaired) electrons. The highest BCUT2D eigenvalue weighted by Crippen LogP contribution is 2.31. The summed E-state index contributed by atoms with van der Waals surface area (Å²) in [6.07, 6.45) is 1.82. The summed E-state index contributed by atoms with van der Waals surface area (Å²) in [7, 11) is 0. The Balaban J connectivity index is 1.56. The van der Waals surface area contributed by atoms with E-state index in [9.17, 15) is 9.59 Å². The largest absolute Gasteiger partial charge is 0.493 e. The number of nitrogens with zero attached hydrogens (tertiary/aromatic N) is 1. The highest BCUT2D eigenvalue weighted by molar-refractivity contribution is 6.31. The van der Waals surface area contributed by atoms with Crippen LogP contribution in [0.25, 0.3) is 10.9 Å². The van der Waals surface area contributed by atoms with Crippen LogP contribution in [-0.2, 0) is 25.4 Å². The maximum absolute atomic E-state index is 12.4. The molecule has 0 fully saturated rings. The van der Waals surface area contributed by atoms with E-state index in [1.54, 1.807) is 32.0 Å². The van der Waals surface area contributed by atoms with Gasteiger partial charge in [0.2, 0.25) is 0 Å². The van der Waals surface area contributed by atoms with E-state index in [1.807, 2.05) is 31.2 Å². The Morgan fingerprint density at radius 1 is 0.919 bits per heavy atom. The first-order valence-electron chi connectivity index (χ1n) is 12.3. The van der Waals surface area contributed by atoms with Gasteiger partial charge in [0.15, 0.2) is 6.10 Å². The first-order chi connectivity index (χ1) is 18.0. The molecule has 9 heteroatoms. The van der Waals surface area contributed by atoms with Gasteiger partial charge >= 0.3 is 11.9 Å². The molecule has 0 saturated carbocycles. The molecule has 0 aliphatic carbocycles. The summed E-state index contributed by atoms with van der Waals surface area (Å²) in [5, 5.41) is 1.23. The molecule has 1 atom stereocenters. The van der Waals surface area contributed by atoms with Crippen LogP contribution in [0, 0.1) is 0 Å². The van der Waals surface area contributed by atoms with Crippen LogP contribution < -0.4 is 9.47 Å². The van der Waals surface area contributed by atoms with Gasteiger partial charge in [-0.1, -0.05) is 23.7 Å². The zero-order valence-corrected chi connectivity index (χ0v) is 22.1. The number of rotatable bonds is 14. The maximum Gasteiger partial charge on any atom is 0.343 e. The minimum absolute atomic E-state index is 0.249. The second kappa shape index (κ2) is 14.4. The quantitative estimate of drug-likeness (QED) is 0.202. The number of ether oxygens (including phenoxy) is 5. The fraction of sp³-hybridized carbons (Fsp3) is 0.393. The Kier molecular flexibility index (Phi) is 11.0. The number of pyridine rings is 1. The minimum atomic E-state index is -0.631. The molecule has 0 aliphatic rings. The van der Waals surface area contributed by atoms with Gasteiger partial charge in [-0.25, -0.2) is 9.59 Å². The Morgan fingerprint density at radius 2 is 1.65 bits per heavy atom. The number of hydrogen-bond donors (Lipinski definition) is 0. The van der Waals surface area contributed by atoms with E-state index in [2.05, 4.69) is 4.98 Å². The number of carbonyl (C=O) groups excluding carboxylic acids is 2. The highest BCUT2D eigenvalue weighted by Gasteiger charge is 2.21. The number of aromatic nitrogens is 1. The van der Waals surface area contributed by atoms with Gasteiger partial charge in [-0.2, -0.15) is 0 Å². The molecule has 0 bridgehead atoms. The Hall–Kier alpha value is -3.36. The van der Waals surface area contributed by atoms with Gasteiger partial charge in [-0.3, -0.25) is 4.98 Å². The Labute approximate surface area is 221 Å². The molecule has 37 heavy (non-hydrogen) atoms. The van der Waals surface area contributed by atoms with Gasteiger partial charge in [-0.05, 0) is 56.7 Å². The molecule has 3 aromatic rings. The molecule has 1 heterocycles. The summed E-state index contributed by atoms with van der Waals surface area (Å²) >= 11 is 6.09. The fourth-order valence-electron chi connectivity index (χ4n) is 3.66. The minimum Gasteiger partial charge on any atom is -0.493 e. The zero-order chi connectivity index (χ0) is 26.6. The molecule has 0 saturated heterocycles. The van der Waals surface area contributed by atoms with Crippen LogP contribution in [0.15, 0.2) is 48.7 Å². The first kappa shape index (κ1) is 28.2. The van der Waals surface area contributed by atoms with Gasteiger partial charge in [0, 0.05) is 36.1 Å². The van der Waals surface area contributed by atoms with Crippen molar-refractivity contribution in [2.45, 2.75) is 39.7 Å². The lowest BCUT2D eigenvalue weighted by molar-refractivity contribution is -0.156. The standard InChI is InChI=1S/C28H32ClNO7/c1-4-33-25(28(32)35-6-3)16-19-8-11-21(12-9-19)36-14-7-15-37-26-22-13-10-20(29)17-24(22)30-18-23(26)27(31)34-5-2/h8-13,17-18,25H,4-7,14-16H2,1-3H3. The first-order valence-corrected chi connectivity index (χ1v) is 12.7. The summed E-state index contributed by atoms with van der Waals surface area (Å²) in [5.74, 6) is 0.257. The molecule has 0 N–H and O–H groups in total. The monoisotopic (exact) mass is 529 g/mol. The second-order valence-electron chi connectivity index (χ2n) is 7.98. The summed E-state index contributed by atoms with van der Waals surface area (Å²) in [5.41, 5.74) is 1.83. The van der Waals surface area contributed by atoms with Crippen LogP contribution in [0.3, 0.4) is 0 Å². The highest BCUT2D eigenvalue weighted by atomic mass is 35.5. The molecule has 2 aromatic carbocycles. The molecule has 0 aliphatic heterocycles. The molecule has 198 valence electrons. The number of halogens is 1. The molecule has 8 nitrogen and oxygen atoms in total. The van der Waals surface area contributed by atoms with Crippen molar-refractivity contribution in [2.75, 3.05) is 33.0 Å². The van der Waals surface area contributed by atoms with E-state index in [0.717, 1.165) is 5.56 Å². The van der Waals surface area contributed by atoms with E-state index in [1.165, 1.54) is 6.20 Å². The van der Waals surface area contributed by atoms with Gasteiger partial charge in [0.05, 0.1) is 31.9 Å². The van der Waals surface area contributed by atoms with Crippen molar-refractivity contribution in [3.05, 3.63) is 64.8 Å². The van der Waals surface area contributed by atoms with Crippen LogP contribution in [0.5, 0.6) is 11.5 Å². The van der Waals surface area contributed by atoms with Crippen LogP contribution in [0.1, 0.15) is 43.1 Å². The van der Waals surface area contributed by atoms with Crippen LogP contribution in [0.4, 0.5) is 0 Å². The van der Waals surface area contributed by atoms with E-state index >= 15 is 0 Å². The van der Waals surface area contributed by atoms with Gasteiger partial charge < -0.3 is 23.7 Å². The fourth-order valence-corrected chi connectivity index (χ4v) is 3.82. The third kappa shape index (κ3) is 8.06. The van der Waals surface area contributed by atoms with E-state index in [-0.39, 0.29) is 18.1 Å². The smallest absolute Gasteiger partial charge is 0.343 e. The van der Waals surface area contributed by atoms with E-state index in [0.29, 0.717) is 66.7 Å². The van der Waals surface area contributed by atoms with E-state index in [4.69, 9.17) is 35.3 Å². The Bertz CT molecular complexity index is 1180. The third-order valence-electron chi connectivity index (χ3n) is 5.34. The SMILES string of the molecule is CCOC(=O)c1cnc2cc(Cl)ccc2c1OCCCOc1ccc(CC(OCC)C(=O)OCC)cc1. The van der Waals surface area contributed by atoms with Crippen molar-refractivity contribution < 1.29 is 33.3 Å². The van der Waals surface area contributed by atoms with Crippen LogP contribution >= 0.6 is 11.6 Å².